The molecule has 1 aliphatic carbocycles. The van der Waals surface area contributed by atoms with Crippen LogP contribution in [0.4, 0.5) is 5.69 Å². The summed E-state index contributed by atoms with van der Waals surface area (Å²) in [6.45, 7) is 3.18. The van der Waals surface area contributed by atoms with Crippen LogP contribution in [0.2, 0.25) is 5.02 Å². The minimum absolute atomic E-state index is 0.107. The van der Waals surface area contributed by atoms with Crippen molar-refractivity contribution >= 4 is 38.9 Å². The maximum atomic E-state index is 13.0. The van der Waals surface area contributed by atoms with E-state index in [4.69, 9.17) is 22.3 Å². The van der Waals surface area contributed by atoms with Gasteiger partial charge in [0.1, 0.15) is 16.1 Å². The SMILES string of the molecule is Cn1cc(Cl)c(C(=O)Nc2ccc3c(c2)C2(CCC3)CS(=O)(=O)C(C)(C)C(N)=N2)n1. The Morgan fingerprint density at radius 2 is 2.07 bits per heavy atom. The first-order valence-corrected chi connectivity index (χ1v) is 11.7. The lowest BCUT2D eigenvalue weighted by Gasteiger charge is -2.43. The van der Waals surface area contributed by atoms with Crippen molar-refractivity contribution in [3.63, 3.8) is 0 Å². The number of aliphatic imine (C=N–C) groups is 1. The van der Waals surface area contributed by atoms with E-state index in [1.807, 2.05) is 6.07 Å². The molecule has 1 amide bonds. The number of hydrogen-bond acceptors (Lipinski definition) is 6. The molecular weight excluding hydrogens is 426 g/mol. The van der Waals surface area contributed by atoms with Crippen LogP contribution in [0, 0.1) is 0 Å². The second-order valence-electron chi connectivity index (χ2n) is 8.48. The predicted octanol–water partition coefficient (Wildman–Crippen LogP) is 2.42. The smallest absolute Gasteiger partial charge is 0.277 e. The van der Waals surface area contributed by atoms with Gasteiger partial charge in [-0.2, -0.15) is 5.10 Å². The Morgan fingerprint density at radius 3 is 2.70 bits per heavy atom. The number of halogens is 1. The van der Waals surface area contributed by atoms with E-state index >= 15 is 0 Å². The lowest BCUT2D eigenvalue weighted by atomic mass is 9.77. The number of rotatable bonds is 2. The second kappa shape index (κ2) is 6.81. The number of amides is 1. The molecule has 3 N–H and O–H groups in total. The fourth-order valence-electron chi connectivity index (χ4n) is 4.13. The van der Waals surface area contributed by atoms with Crippen molar-refractivity contribution in [1.29, 1.82) is 0 Å². The van der Waals surface area contributed by atoms with E-state index in [2.05, 4.69) is 10.4 Å². The van der Waals surface area contributed by atoms with Gasteiger partial charge in [-0.05, 0) is 56.4 Å². The van der Waals surface area contributed by atoms with Crippen LogP contribution in [0.1, 0.15) is 48.3 Å². The number of aromatic nitrogens is 2. The molecule has 1 aliphatic heterocycles. The Kier molecular flexibility index (Phi) is 4.74. The average Bonchev–Trinajstić information content (AvgIpc) is 2.99. The van der Waals surface area contributed by atoms with Gasteiger partial charge in [0.05, 0.1) is 10.8 Å². The van der Waals surface area contributed by atoms with Gasteiger partial charge in [0, 0.05) is 18.9 Å². The summed E-state index contributed by atoms with van der Waals surface area (Å²) in [5.74, 6) is -0.424. The molecule has 0 bridgehead atoms. The number of sulfone groups is 1. The van der Waals surface area contributed by atoms with Crippen molar-refractivity contribution in [1.82, 2.24) is 9.78 Å². The number of hydrogen-bond donors (Lipinski definition) is 2. The van der Waals surface area contributed by atoms with Gasteiger partial charge in [-0.15, -0.1) is 0 Å². The van der Waals surface area contributed by atoms with Crippen LogP contribution in [-0.2, 0) is 28.8 Å². The molecule has 10 heteroatoms. The third-order valence-corrected chi connectivity index (χ3v) is 8.96. The first-order valence-electron chi connectivity index (χ1n) is 9.67. The first kappa shape index (κ1) is 20.9. The standard InChI is InChI=1S/C20H24ClN5O3S/c1-19(2)18(22)24-20(11-30(19,28)29)8-4-5-12-6-7-13(9-14(12)20)23-17(27)16-15(21)10-26(3)25-16/h6-7,9-10H,4-5,8,11H2,1-3H3,(H2,22,24)(H,23,27). The summed E-state index contributed by atoms with van der Waals surface area (Å²) in [6.07, 6.45) is 3.76. The van der Waals surface area contributed by atoms with Crippen LogP contribution in [0.25, 0.3) is 0 Å². The molecule has 160 valence electrons. The number of aryl methyl sites for hydroxylation is 2. The second-order valence-corrected chi connectivity index (χ2v) is 11.4. The van der Waals surface area contributed by atoms with Crippen molar-refractivity contribution < 1.29 is 13.2 Å². The molecule has 1 unspecified atom stereocenters. The highest BCUT2D eigenvalue weighted by molar-refractivity contribution is 7.93. The summed E-state index contributed by atoms with van der Waals surface area (Å²) in [6, 6.07) is 5.50. The predicted molar refractivity (Wildman–Crippen MR) is 117 cm³/mol. The Morgan fingerprint density at radius 1 is 1.33 bits per heavy atom. The summed E-state index contributed by atoms with van der Waals surface area (Å²) < 4.78 is 26.3. The van der Waals surface area contributed by atoms with Gasteiger partial charge in [-0.3, -0.25) is 14.5 Å². The zero-order valence-corrected chi connectivity index (χ0v) is 18.6. The molecule has 1 aromatic heterocycles. The summed E-state index contributed by atoms with van der Waals surface area (Å²) >= 11 is 6.07. The molecule has 0 saturated carbocycles. The van der Waals surface area contributed by atoms with E-state index in [0.717, 1.165) is 24.0 Å². The summed E-state index contributed by atoms with van der Waals surface area (Å²) in [5, 5.41) is 7.13. The number of benzene rings is 1. The number of amidine groups is 1. The van der Waals surface area contributed by atoms with Crippen molar-refractivity contribution in [3.05, 3.63) is 46.2 Å². The maximum Gasteiger partial charge on any atom is 0.277 e. The summed E-state index contributed by atoms with van der Waals surface area (Å²) in [7, 11) is -1.84. The summed E-state index contributed by atoms with van der Waals surface area (Å²) in [5.41, 5.74) is 7.66. The number of carbonyl (C=O) groups is 1. The molecule has 1 atom stereocenters. The van der Waals surface area contributed by atoms with Crippen molar-refractivity contribution in [2.24, 2.45) is 17.8 Å². The highest BCUT2D eigenvalue weighted by Gasteiger charge is 2.51. The third kappa shape index (κ3) is 3.20. The van der Waals surface area contributed by atoms with Crippen LogP contribution in [0.3, 0.4) is 0 Å². The fraction of sp³-hybridized carbons (Fsp3) is 0.450. The molecule has 0 fully saturated rings. The minimum Gasteiger partial charge on any atom is -0.386 e. The Labute approximate surface area is 180 Å². The average molecular weight is 450 g/mol. The molecule has 2 aromatic rings. The zero-order chi connectivity index (χ0) is 21.9. The van der Waals surface area contributed by atoms with Crippen molar-refractivity contribution in [2.75, 3.05) is 11.1 Å². The first-order chi connectivity index (χ1) is 13.9. The van der Waals surface area contributed by atoms with Crippen LogP contribution >= 0.6 is 11.6 Å². The van der Waals surface area contributed by atoms with Gasteiger partial charge in [-0.1, -0.05) is 17.7 Å². The number of nitrogens with two attached hydrogens (primary N) is 1. The van der Waals surface area contributed by atoms with Crippen molar-refractivity contribution in [3.8, 4) is 0 Å². The largest absolute Gasteiger partial charge is 0.386 e. The van der Waals surface area contributed by atoms with E-state index in [1.54, 1.807) is 39.2 Å². The minimum atomic E-state index is -3.52. The van der Waals surface area contributed by atoms with Gasteiger partial charge in [0.2, 0.25) is 0 Å². The number of carbonyl (C=O) groups excluding carboxylic acids is 1. The molecule has 0 radical (unpaired) electrons. The Bertz CT molecular complexity index is 1190. The normalized spacial score (nSPS) is 24.2. The lowest BCUT2D eigenvalue weighted by Crippen LogP contribution is -2.56. The van der Waals surface area contributed by atoms with E-state index in [-0.39, 0.29) is 22.3 Å². The topological polar surface area (TPSA) is 119 Å². The Hall–Kier alpha value is -2.39. The Balaban J connectivity index is 1.75. The molecule has 1 aromatic carbocycles. The number of anilines is 1. The lowest BCUT2D eigenvalue weighted by molar-refractivity contribution is 0.102. The molecule has 30 heavy (non-hydrogen) atoms. The van der Waals surface area contributed by atoms with Gasteiger partial charge < -0.3 is 11.1 Å². The van der Waals surface area contributed by atoms with Crippen LogP contribution in [0.5, 0.6) is 0 Å². The van der Waals surface area contributed by atoms with Crippen LogP contribution in [0.15, 0.2) is 29.4 Å². The monoisotopic (exact) mass is 449 g/mol. The highest BCUT2D eigenvalue weighted by atomic mass is 35.5. The molecule has 1 spiro atoms. The molecule has 2 heterocycles. The van der Waals surface area contributed by atoms with E-state index in [1.165, 1.54) is 4.68 Å². The van der Waals surface area contributed by atoms with Gasteiger partial charge in [-0.25, -0.2) is 8.42 Å². The third-order valence-electron chi connectivity index (χ3n) is 6.06. The summed E-state index contributed by atoms with van der Waals surface area (Å²) in [4.78, 5) is 17.3. The maximum absolute atomic E-state index is 13.0. The number of fused-ring (bicyclic) bond motifs is 2. The molecule has 0 saturated heterocycles. The van der Waals surface area contributed by atoms with Crippen molar-refractivity contribution in [2.45, 2.75) is 43.4 Å². The van der Waals surface area contributed by atoms with Crippen LogP contribution < -0.4 is 11.1 Å². The van der Waals surface area contributed by atoms with E-state index in [0.29, 0.717) is 12.1 Å². The molecule has 8 nitrogen and oxygen atoms in total. The molecular formula is C20H24ClN5O3S. The number of nitrogens with zero attached hydrogens (tertiary/aromatic N) is 3. The van der Waals surface area contributed by atoms with Gasteiger partial charge in [0.25, 0.3) is 5.91 Å². The quantitative estimate of drug-likeness (QED) is 0.729. The zero-order valence-electron chi connectivity index (χ0n) is 17.1. The van der Waals surface area contributed by atoms with Gasteiger partial charge >= 0.3 is 0 Å². The van der Waals surface area contributed by atoms with E-state index in [9.17, 15) is 13.2 Å². The van der Waals surface area contributed by atoms with E-state index < -0.39 is 26.0 Å². The fourth-order valence-corrected chi connectivity index (χ4v) is 6.12. The number of nitrogens with one attached hydrogen (secondary N) is 1. The molecule has 2 aliphatic rings. The molecule has 4 rings (SSSR count). The van der Waals surface area contributed by atoms with Gasteiger partial charge in [0.15, 0.2) is 15.5 Å². The highest BCUT2D eigenvalue weighted by Crippen LogP contribution is 2.45. The van der Waals surface area contributed by atoms with Crippen LogP contribution in [-0.4, -0.2) is 40.4 Å².